The molecule has 2 fully saturated rings. The second-order valence-corrected chi connectivity index (χ2v) is 13.1. The molecule has 2 heterocycles. The van der Waals surface area contributed by atoms with Gasteiger partial charge in [-0.1, -0.05) is 77.8 Å². The van der Waals surface area contributed by atoms with Crippen LogP contribution in [0, 0.1) is 24.7 Å². The molecule has 0 radical (unpaired) electrons. The number of hydrogen-bond acceptors (Lipinski definition) is 5. The summed E-state index contributed by atoms with van der Waals surface area (Å²) in [7, 11) is -4.01. The zero-order chi connectivity index (χ0) is 28.9. The minimum atomic E-state index is -4.01. The molecule has 0 bridgehead atoms. The lowest BCUT2D eigenvalue weighted by Crippen LogP contribution is -2.35. The zero-order valence-corrected chi connectivity index (χ0v) is 24.4. The molecule has 3 aromatic carbocycles. The third-order valence-corrected chi connectivity index (χ3v) is 10.6. The number of aryl methyl sites for hydroxylation is 1. The van der Waals surface area contributed by atoms with Crippen molar-refractivity contribution in [1.82, 2.24) is 9.21 Å². The van der Waals surface area contributed by atoms with Crippen LogP contribution in [0.2, 0.25) is 5.02 Å². The number of amides is 2. The molecule has 4 atom stereocenters. The number of hydrogen-bond donors (Lipinski definition) is 0. The summed E-state index contributed by atoms with van der Waals surface area (Å²) in [5.41, 5.74) is 3.14. The third-order valence-electron chi connectivity index (χ3n) is 8.42. The topological polar surface area (TPSA) is 84.0 Å². The maximum absolute atomic E-state index is 14.2. The van der Waals surface area contributed by atoms with Gasteiger partial charge in [0.1, 0.15) is 0 Å². The van der Waals surface area contributed by atoms with E-state index < -0.39 is 33.8 Å². The van der Waals surface area contributed by atoms with Crippen molar-refractivity contribution in [2.45, 2.75) is 37.8 Å². The molecule has 0 spiro atoms. The van der Waals surface area contributed by atoms with Crippen molar-refractivity contribution in [1.29, 1.82) is 0 Å². The van der Waals surface area contributed by atoms with Crippen LogP contribution in [0.15, 0.2) is 95.1 Å². The van der Waals surface area contributed by atoms with E-state index in [1.54, 1.807) is 36.4 Å². The number of sulfonamides is 1. The predicted molar refractivity (Wildman–Crippen MR) is 155 cm³/mol. The lowest BCUT2D eigenvalue weighted by molar-refractivity contribution is -0.140. The van der Waals surface area contributed by atoms with Gasteiger partial charge < -0.3 is 4.74 Å². The first-order chi connectivity index (χ1) is 19.7. The SMILES string of the molecule is CCOC1=C2[C@@H](CN(S(=O)(=O)c3ccc(C)cc3)[C@H]2c2ccccc2Cl)[C@H]2C(=O)N(Cc3ccccc3)C(=O)[C@H]2C1. The Kier molecular flexibility index (Phi) is 7.26. The Morgan fingerprint density at radius 3 is 2.27 bits per heavy atom. The molecular formula is C32H31ClN2O5S. The highest BCUT2D eigenvalue weighted by Crippen LogP contribution is 2.56. The first-order valence-electron chi connectivity index (χ1n) is 13.8. The minimum absolute atomic E-state index is 0.0391. The fourth-order valence-electron chi connectivity index (χ4n) is 6.56. The number of benzene rings is 3. The maximum Gasteiger partial charge on any atom is 0.243 e. The van der Waals surface area contributed by atoms with Crippen molar-refractivity contribution < 1.29 is 22.7 Å². The van der Waals surface area contributed by atoms with Gasteiger partial charge in [0.05, 0.1) is 41.7 Å². The van der Waals surface area contributed by atoms with Crippen LogP contribution in [0.25, 0.3) is 0 Å². The monoisotopic (exact) mass is 590 g/mol. The Labute approximate surface area is 245 Å². The fraction of sp³-hybridized carbons (Fsp3) is 0.312. The van der Waals surface area contributed by atoms with Gasteiger partial charge in [0.15, 0.2) is 0 Å². The molecule has 9 heteroatoms. The summed E-state index contributed by atoms with van der Waals surface area (Å²) in [6, 6.07) is 22.5. The molecule has 1 aliphatic carbocycles. The lowest BCUT2D eigenvalue weighted by atomic mass is 9.71. The Morgan fingerprint density at radius 1 is 0.902 bits per heavy atom. The fourth-order valence-corrected chi connectivity index (χ4v) is 8.41. The van der Waals surface area contributed by atoms with Gasteiger partial charge in [-0.05, 0) is 48.7 Å². The van der Waals surface area contributed by atoms with E-state index in [0.717, 1.165) is 16.7 Å². The number of fused-ring (bicyclic) bond motifs is 3. The highest BCUT2D eigenvalue weighted by molar-refractivity contribution is 7.89. The number of carbonyl (C=O) groups is 2. The Morgan fingerprint density at radius 2 is 1.59 bits per heavy atom. The van der Waals surface area contributed by atoms with Crippen molar-refractivity contribution in [3.8, 4) is 0 Å². The average molecular weight is 591 g/mol. The number of ether oxygens (including phenoxy) is 1. The number of imide groups is 1. The Bertz CT molecular complexity index is 1640. The van der Waals surface area contributed by atoms with Gasteiger partial charge in [0.25, 0.3) is 0 Å². The lowest BCUT2D eigenvalue weighted by Gasteiger charge is -2.32. The van der Waals surface area contributed by atoms with Crippen molar-refractivity contribution in [2.75, 3.05) is 13.2 Å². The van der Waals surface area contributed by atoms with Gasteiger partial charge in [-0.3, -0.25) is 14.5 Å². The predicted octanol–water partition coefficient (Wildman–Crippen LogP) is 5.51. The summed E-state index contributed by atoms with van der Waals surface area (Å²) in [5, 5.41) is 0.423. The summed E-state index contributed by atoms with van der Waals surface area (Å²) in [4.78, 5) is 29.2. The van der Waals surface area contributed by atoms with Crippen molar-refractivity contribution in [3.63, 3.8) is 0 Å². The number of carbonyl (C=O) groups excluding carboxylic acids is 2. The van der Waals surface area contributed by atoms with Gasteiger partial charge >= 0.3 is 0 Å². The first kappa shape index (κ1) is 27.7. The van der Waals surface area contributed by atoms with E-state index in [1.807, 2.05) is 56.3 Å². The Balaban J connectivity index is 1.48. The van der Waals surface area contributed by atoms with Gasteiger partial charge in [-0.25, -0.2) is 8.42 Å². The molecule has 2 amide bonds. The highest BCUT2D eigenvalue weighted by atomic mass is 35.5. The van der Waals surface area contributed by atoms with E-state index in [9.17, 15) is 18.0 Å². The van der Waals surface area contributed by atoms with Crippen LogP contribution in [-0.2, 0) is 30.9 Å². The highest BCUT2D eigenvalue weighted by Gasteiger charge is 2.60. The molecule has 0 N–H and O–H groups in total. The maximum atomic E-state index is 14.2. The van der Waals surface area contributed by atoms with Crippen LogP contribution in [0.5, 0.6) is 0 Å². The largest absolute Gasteiger partial charge is 0.498 e. The van der Waals surface area contributed by atoms with Crippen LogP contribution in [-0.4, -0.2) is 42.6 Å². The third kappa shape index (κ3) is 4.68. The number of rotatable bonds is 7. The molecular weight excluding hydrogens is 560 g/mol. The molecule has 0 saturated carbocycles. The zero-order valence-electron chi connectivity index (χ0n) is 22.9. The number of allylic oxidation sites excluding steroid dienone is 1. The van der Waals surface area contributed by atoms with Crippen molar-refractivity contribution in [2.24, 2.45) is 17.8 Å². The molecule has 6 rings (SSSR count). The van der Waals surface area contributed by atoms with E-state index in [-0.39, 0.29) is 36.2 Å². The summed E-state index contributed by atoms with van der Waals surface area (Å²) in [6.07, 6.45) is 0.236. The molecule has 212 valence electrons. The van der Waals surface area contributed by atoms with Crippen LogP contribution in [0.1, 0.15) is 36.1 Å². The number of halogens is 1. The van der Waals surface area contributed by atoms with Gasteiger partial charge in [-0.15, -0.1) is 0 Å². The average Bonchev–Trinajstić information content (AvgIpc) is 3.47. The summed E-state index contributed by atoms with van der Waals surface area (Å²) < 4.78 is 36.1. The minimum Gasteiger partial charge on any atom is -0.498 e. The first-order valence-corrected chi connectivity index (χ1v) is 15.6. The molecule has 3 aromatic rings. The van der Waals surface area contributed by atoms with Crippen molar-refractivity contribution >= 4 is 33.4 Å². The van der Waals surface area contributed by atoms with E-state index in [4.69, 9.17) is 16.3 Å². The number of nitrogens with zero attached hydrogens (tertiary/aromatic N) is 2. The smallest absolute Gasteiger partial charge is 0.243 e. The molecule has 0 unspecified atom stereocenters. The van der Waals surface area contributed by atoms with Crippen LogP contribution >= 0.6 is 11.6 Å². The normalized spacial score (nSPS) is 24.5. The molecule has 41 heavy (non-hydrogen) atoms. The summed E-state index contributed by atoms with van der Waals surface area (Å²) in [6.45, 7) is 4.32. The van der Waals surface area contributed by atoms with E-state index in [0.29, 0.717) is 23.0 Å². The molecule has 2 saturated heterocycles. The standard InChI is InChI=1S/C32H31ClN2O5S/c1-3-40-27-17-24-28(32(37)34(31(24)36)18-21-9-5-4-6-10-21)25-19-35(41(38,39)22-15-13-20(2)14-16-22)30(29(25)27)23-11-7-8-12-26(23)33/h4-16,24-25,28,30H,3,17-19H2,1-2H3/t24-,25-,28-,30-/m0/s1. The Hall–Kier alpha value is -3.46. The summed E-state index contributed by atoms with van der Waals surface area (Å²) in [5.74, 6) is -1.77. The van der Waals surface area contributed by atoms with Gasteiger partial charge in [-0.2, -0.15) is 4.31 Å². The quantitative estimate of drug-likeness (QED) is 0.339. The molecule has 7 nitrogen and oxygen atoms in total. The van der Waals surface area contributed by atoms with Crippen LogP contribution in [0.3, 0.4) is 0 Å². The second-order valence-electron chi connectivity index (χ2n) is 10.8. The van der Waals surface area contributed by atoms with E-state index in [2.05, 4.69) is 0 Å². The van der Waals surface area contributed by atoms with Gasteiger partial charge in [0, 0.05) is 23.9 Å². The molecule has 0 aromatic heterocycles. The van der Waals surface area contributed by atoms with Crippen LogP contribution < -0.4 is 0 Å². The van der Waals surface area contributed by atoms with E-state index >= 15 is 0 Å². The molecule has 3 aliphatic rings. The summed E-state index contributed by atoms with van der Waals surface area (Å²) >= 11 is 6.70. The number of likely N-dealkylation sites (tertiary alicyclic amines) is 1. The molecule has 2 aliphatic heterocycles. The van der Waals surface area contributed by atoms with Gasteiger partial charge in [0.2, 0.25) is 21.8 Å². The van der Waals surface area contributed by atoms with Crippen LogP contribution in [0.4, 0.5) is 0 Å². The van der Waals surface area contributed by atoms with Crippen molar-refractivity contribution in [3.05, 3.63) is 112 Å². The van der Waals surface area contributed by atoms with E-state index in [1.165, 1.54) is 9.21 Å². The second kappa shape index (κ2) is 10.7.